The van der Waals surface area contributed by atoms with E-state index in [1.165, 1.54) is 0 Å². The van der Waals surface area contributed by atoms with Crippen LogP contribution >= 0.6 is 11.6 Å². The van der Waals surface area contributed by atoms with Crippen molar-refractivity contribution in [1.82, 2.24) is 5.32 Å². The molecular weight excluding hydrogens is 262 g/mol. The molecule has 0 radical (unpaired) electrons. The summed E-state index contributed by atoms with van der Waals surface area (Å²) in [6, 6.07) is 9.46. The summed E-state index contributed by atoms with van der Waals surface area (Å²) in [6.07, 6.45) is 3.38. The van der Waals surface area contributed by atoms with Crippen LogP contribution in [-0.4, -0.2) is 12.6 Å². The van der Waals surface area contributed by atoms with E-state index >= 15 is 0 Å². The minimum absolute atomic E-state index is 0.0315. The van der Waals surface area contributed by atoms with Crippen LogP contribution in [0.5, 0.6) is 5.75 Å². The summed E-state index contributed by atoms with van der Waals surface area (Å²) in [5.74, 6) is 0.770. The number of rotatable bonds is 6. The Kier molecular flexibility index (Phi) is 4.88. The maximum absolute atomic E-state index is 5.96. The van der Waals surface area contributed by atoms with E-state index in [0.717, 1.165) is 17.9 Å². The van der Waals surface area contributed by atoms with E-state index in [2.05, 4.69) is 12.2 Å². The smallest absolute Gasteiger partial charge is 0.121 e. The number of nitrogens with one attached hydrogen (secondary N) is 1. The molecule has 2 unspecified atom stereocenters. The number of likely N-dealkylation sites (N-methyl/N-ethyl adjacent to an activating group) is 1. The molecule has 0 bridgehead atoms. The maximum Gasteiger partial charge on any atom is 0.121 e. The van der Waals surface area contributed by atoms with Gasteiger partial charge in [-0.15, -0.1) is 0 Å². The molecule has 1 heterocycles. The van der Waals surface area contributed by atoms with E-state index < -0.39 is 0 Å². The molecule has 102 valence electrons. The van der Waals surface area contributed by atoms with Crippen LogP contribution in [-0.2, 0) is 0 Å². The number of hydrogen-bond acceptors (Lipinski definition) is 3. The van der Waals surface area contributed by atoms with Crippen LogP contribution in [0.3, 0.4) is 0 Å². The summed E-state index contributed by atoms with van der Waals surface area (Å²) in [7, 11) is 0. The van der Waals surface area contributed by atoms with Crippen molar-refractivity contribution >= 4 is 11.6 Å². The average Bonchev–Trinajstić information content (AvgIpc) is 2.89. The van der Waals surface area contributed by atoms with Crippen LogP contribution in [0.4, 0.5) is 0 Å². The SMILES string of the molecule is CCNC(c1ccoc1)C(C)Oc1cccc(Cl)c1. The molecule has 0 aliphatic rings. The molecule has 0 aliphatic heterocycles. The van der Waals surface area contributed by atoms with Crippen LogP contribution in [0.1, 0.15) is 25.5 Å². The normalized spacial score (nSPS) is 14.1. The topological polar surface area (TPSA) is 34.4 Å². The molecule has 2 aromatic rings. The zero-order valence-corrected chi connectivity index (χ0v) is 11.9. The van der Waals surface area contributed by atoms with E-state index in [9.17, 15) is 0 Å². The number of halogens is 1. The van der Waals surface area contributed by atoms with Gasteiger partial charge in [-0.3, -0.25) is 0 Å². The first-order valence-corrected chi connectivity index (χ1v) is 6.76. The fourth-order valence-electron chi connectivity index (χ4n) is 2.05. The lowest BCUT2D eigenvalue weighted by Crippen LogP contribution is -2.33. The highest BCUT2D eigenvalue weighted by atomic mass is 35.5. The summed E-state index contributed by atoms with van der Waals surface area (Å²) >= 11 is 5.96. The Labute approximate surface area is 118 Å². The highest BCUT2D eigenvalue weighted by molar-refractivity contribution is 6.30. The predicted molar refractivity (Wildman–Crippen MR) is 76.7 cm³/mol. The fraction of sp³-hybridized carbons (Fsp3) is 0.333. The van der Waals surface area contributed by atoms with E-state index in [1.54, 1.807) is 12.5 Å². The van der Waals surface area contributed by atoms with Crippen LogP contribution < -0.4 is 10.1 Å². The third-order valence-electron chi connectivity index (χ3n) is 2.91. The molecule has 0 spiro atoms. The fourth-order valence-corrected chi connectivity index (χ4v) is 2.23. The van der Waals surface area contributed by atoms with Crippen LogP contribution in [0.25, 0.3) is 0 Å². The van der Waals surface area contributed by atoms with Gasteiger partial charge in [0.2, 0.25) is 0 Å². The van der Waals surface area contributed by atoms with Gasteiger partial charge in [0, 0.05) is 10.6 Å². The van der Waals surface area contributed by atoms with Crippen LogP contribution in [0.2, 0.25) is 5.02 Å². The van der Waals surface area contributed by atoms with E-state index in [0.29, 0.717) is 5.02 Å². The maximum atomic E-state index is 5.96. The molecule has 19 heavy (non-hydrogen) atoms. The van der Waals surface area contributed by atoms with Crippen molar-refractivity contribution in [3.05, 3.63) is 53.4 Å². The number of hydrogen-bond donors (Lipinski definition) is 1. The third kappa shape index (κ3) is 3.75. The predicted octanol–water partition coefficient (Wildman–Crippen LogP) is 4.05. The zero-order chi connectivity index (χ0) is 13.7. The highest BCUT2D eigenvalue weighted by Crippen LogP contribution is 2.24. The van der Waals surface area contributed by atoms with Crippen molar-refractivity contribution in [3.8, 4) is 5.75 Å². The van der Waals surface area contributed by atoms with Gasteiger partial charge in [-0.25, -0.2) is 0 Å². The number of ether oxygens (including phenoxy) is 1. The Bertz CT molecular complexity index is 499. The molecule has 1 N–H and O–H groups in total. The van der Waals surface area contributed by atoms with Crippen LogP contribution in [0, 0.1) is 0 Å². The quantitative estimate of drug-likeness (QED) is 0.866. The van der Waals surface area contributed by atoms with Gasteiger partial charge in [-0.05, 0) is 37.7 Å². The summed E-state index contributed by atoms with van der Waals surface area (Å²) in [4.78, 5) is 0. The first-order chi connectivity index (χ1) is 9.20. The summed E-state index contributed by atoms with van der Waals surface area (Å²) in [5, 5.41) is 4.08. The minimum Gasteiger partial charge on any atom is -0.489 e. The zero-order valence-electron chi connectivity index (χ0n) is 11.1. The molecule has 2 rings (SSSR count). The van der Waals surface area contributed by atoms with Crippen molar-refractivity contribution in [3.63, 3.8) is 0 Å². The molecule has 3 nitrogen and oxygen atoms in total. The van der Waals surface area contributed by atoms with E-state index in [4.69, 9.17) is 20.8 Å². The summed E-state index contributed by atoms with van der Waals surface area (Å²) in [6.45, 7) is 4.96. The van der Waals surface area contributed by atoms with Gasteiger partial charge in [0.1, 0.15) is 11.9 Å². The largest absolute Gasteiger partial charge is 0.489 e. The van der Waals surface area contributed by atoms with Crippen molar-refractivity contribution in [1.29, 1.82) is 0 Å². The molecule has 0 amide bonds. The van der Waals surface area contributed by atoms with Gasteiger partial charge in [-0.2, -0.15) is 0 Å². The second kappa shape index (κ2) is 6.64. The standard InChI is InChI=1S/C15H18ClNO2/c1-3-17-15(12-7-8-18-10-12)11(2)19-14-6-4-5-13(16)9-14/h4-11,15,17H,3H2,1-2H3. The van der Waals surface area contributed by atoms with Crippen LogP contribution in [0.15, 0.2) is 47.3 Å². The molecule has 2 atom stereocenters. The van der Waals surface area contributed by atoms with Gasteiger partial charge in [-0.1, -0.05) is 24.6 Å². The highest BCUT2D eigenvalue weighted by Gasteiger charge is 2.21. The Morgan fingerprint density at radius 3 is 2.84 bits per heavy atom. The minimum atomic E-state index is -0.0315. The molecule has 0 fully saturated rings. The Hall–Kier alpha value is -1.45. The second-order valence-electron chi connectivity index (χ2n) is 4.37. The van der Waals surface area contributed by atoms with Gasteiger partial charge in [0.05, 0.1) is 18.6 Å². The molecule has 1 aromatic carbocycles. The van der Waals surface area contributed by atoms with Crippen molar-refractivity contribution in [2.75, 3.05) is 6.54 Å². The molecule has 0 saturated heterocycles. The van der Waals surface area contributed by atoms with Crippen molar-refractivity contribution in [2.24, 2.45) is 0 Å². The van der Waals surface area contributed by atoms with E-state index in [1.807, 2.05) is 37.3 Å². The van der Waals surface area contributed by atoms with Gasteiger partial charge < -0.3 is 14.5 Å². The van der Waals surface area contributed by atoms with Gasteiger partial charge in [0.15, 0.2) is 0 Å². The Morgan fingerprint density at radius 1 is 1.37 bits per heavy atom. The lowest BCUT2D eigenvalue weighted by atomic mass is 10.1. The lowest BCUT2D eigenvalue weighted by Gasteiger charge is -2.24. The Balaban J connectivity index is 2.09. The molecule has 1 aromatic heterocycles. The summed E-state index contributed by atoms with van der Waals surface area (Å²) < 4.78 is 11.1. The van der Waals surface area contributed by atoms with E-state index in [-0.39, 0.29) is 12.1 Å². The van der Waals surface area contributed by atoms with Crippen molar-refractivity contribution < 1.29 is 9.15 Å². The first-order valence-electron chi connectivity index (χ1n) is 6.38. The average molecular weight is 280 g/mol. The number of benzene rings is 1. The second-order valence-corrected chi connectivity index (χ2v) is 4.81. The number of furan rings is 1. The molecule has 4 heteroatoms. The van der Waals surface area contributed by atoms with Gasteiger partial charge >= 0.3 is 0 Å². The van der Waals surface area contributed by atoms with Crippen molar-refractivity contribution in [2.45, 2.75) is 26.0 Å². The first kappa shape index (κ1) is 14.0. The molecule has 0 aliphatic carbocycles. The summed E-state index contributed by atoms with van der Waals surface area (Å²) in [5.41, 5.74) is 1.08. The third-order valence-corrected chi connectivity index (χ3v) is 3.15. The van der Waals surface area contributed by atoms with Gasteiger partial charge in [0.25, 0.3) is 0 Å². The Morgan fingerprint density at radius 2 is 2.21 bits per heavy atom. The lowest BCUT2D eigenvalue weighted by molar-refractivity contribution is 0.171. The monoisotopic (exact) mass is 279 g/mol. The molecule has 0 saturated carbocycles. The molecular formula is C15H18ClNO2.